The minimum atomic E-state index is -1.26. The van der Waals surface area contributed by atoms with E-state index >= 15 is 0 Å². The summed E-state index contributed by atoms with van der Waals surface area (Å²) < 4.78 is 17.6. The van der Waals surface area contributed by atoms with Gasteiger partial charge in [0.05, 0.1) is 49.2 Å². The van der Waals surface area contributed by atoms with E-state index < -0.39 is 29.1 Å². The molecule has 1 aromatic heterocycles. The molecule has 11 heteroatoms. The summed E-state index contributed by atoms with van der Waals surface area (Å²) in [6, 6.07) is -0.677. The van der Waals surface area contributed by atoms with Crippen molar-refractivity contribution in [3.63, 3.8) is 0 Å². The first kappa shape index (κ1) is 29.6. The predicted molar refractivity (Wildman–Crippen MR) is 151 cm³/mol. The van der Waals surface area contributed by atoms with Gasteiger partial charge in [-0.15, -0.1) is 0 Å². The average molecular weight is 587 g/mol. The summed E-state index contributed by atoms with van der Waals surface area (Å²) in [5.41, 5.74) is -1.82. The third-order valence-electron chi connectivity index (χ3n) is 10.8. The number of carbonyl (C=O) groups is 3. The van der Waals surface area contributed by atoms with Gasteiger partial charge in [0.25, 0.3) is 5.91 Å². The number of hydrogen-bond acceptors (Lipinski definition) is 8. The van der Waals surface area contributed by atoms with Gasteiger partial charge in [-0.2, -0.15) is 0 Å². The first-order chi connectivity index (χ1) is 19.7. The molecule has 42 heavy (non-hydrogen) atoms. The summed E-state index contributed by atoms with van der Waals surface area (Å²) in [5, 5.41) is 14.3. The van der Waals surface area contributed by atoms with E-state index in [9.17, 15) is 19.5 Å². The van der Waals surface area contributed by atoms with E-state index in [-0.39, 0.29) is 46.8 Å². The molecule has 1 aromatic rings. The molecule has 5 heterocycles. The second kappa shape index (κ2) is 10.3. The van der Waals surface area contributed by atoms with Crippen LogP contribution in [0.1, 0.15) is 77.3 Å². The Morgan fingerprint density at radius 2 is 1.83 bits per heavy atom. The highest BCUT2D eigenvalue weighted by Gasteiger charge is 2.62. The van der Waals surface area contributed by atoms with E-state index in [4.69, 9.17) is 13.9 Å². The summed E-state index contributed by atoms with van der Waals surface area (Å²) >= 11 is 0. The number of oxazole rings is 1. The van der Waals surface area contributed by atoms with Crippen molar-refractivity contribution in [2.75, 3.05) is 39.4 Å². The zero-order chi connectivity index (χ0) is 30.1. The van der Waals surface area contributed by atoms with E-state index in [2.05, 4.69) is 24.1 Å². The van der Waals surface area contributed by atoms with Gasteiger partial charge in [0.2, 0.25) is 17.6 Å². The van der Waals surface area contributed by atoms with Crippen LogP contribution in [0.2, 0.25) is 0 Å². The fourth-order valence-corrected chi connectivity index (χ4v) is 7.78. The zero-order valence-electron chi connectivity index (χ0n) is 25.6. The summed E-state index contributed by atoms with van der Waals surface area (Å²) in [7, 11) is 0. The summed E-state index contributed by atoms with van der Waals surface area (Å²) in [6.45, 7) is 12.0. The lowest BCUT2D eigenvalue weighted by molar-refractivity contribution is -0.160. The van der Waals surface area contributed by atoms with E-state index in [0.29, 0.717) is 39.0 Å². The Kier molecular flexibility index (Phi) is 7.25. The van der Waals surface area contributed by atoms with Crippen LogP contribution in [-0.2, 0) is 19.1 Å². The monoisotopic (exact) mass is 586 g/mol. The van der Waals surface area contributed by atoms with E-state index in [0.717, 1.165) is 32.1 Å². The highest BCUT2D eigenvalue weighted by Crippen LogP contribution is 2.54. The lowest BCUT2D eigenvalue weighted by Gasteiger charge is -2.51. The number of ether oxygens (including phenoxy) is 2. The zero-order valence-corrected chi connectivity index (χ0v) is 25.6. The topological polar surface area (TPSA) is 134 Å². The molecule has 7 rings (SSSR count). The SMILES string of the molecule is C[C@@H](OCC12CCC(CC1)OC2)[C@H](NC(=O)[C@@H]1CN(C(=O)c2cnco2)CC12CN(C(=O)[C@H]1CC1(C)C)C2)C(C)(C)O. The molecule has 0 aromatic carbocycles. The Bertz CT molecular complexity index is 1180. The van der Waals surface area contributed by atoms with Crippen LogP contribution in [0.15, 0.2) is 17.0 Å². The third kappa shape index (κ3) is 5.36. The van der Waals surface area contributed by atoms with Crippen molar-refractivity contribution in [3.05, 3.63) is 18.4 Å². The summed E-state index contributed by atoms with van der Waals surface area (Å²) in [6.07, 6.45) is 7.61. The van der Waals surface area contributed by atoms with Crippen LogP contribution < -0.4 is 5.32 Å². The normalized spacial score (nSPS) is 32.4. The van der Waals surface area contributed by atoms with Crippen molar-refractivity contribution in [2.45, 2.75) is 90.6 Å². The largest absolute Gasteiger partial charge is 0.438 e. The molecule has 6 aliphatic rings. The minimum absolute atomic E-state index is 0.00764. The van der Waals surface area contributed by atoms with Crippen LogP contribution in [0.3, 0.4) is 0 Å². The second-order valence-corrected chi connectivity index (χ2v) is 15.1. The Morgan fingerprint density at radius 3 is 2.38 bits per heavy atom. The van der Waals surface area contributed by atoms with Gasteiger partial charge < -0.3 is 34.1 Å². The number of nitrogens with one attached hydrogen (secondary N) is 1. The van der Waals surface area contributed by atoms with Gasteiger partial charge in [-0.05, 0) is 58.3 Å². The van der Waals surface area contributed by atoms with Crippen molar-refractivity contribution in [2.24, 2.45) is 28.1 Å². The van der Waals surface area contributed by atoms with E-state index in [1.165, 1.54) is 12.6 Å². The molecule has 4 saturated heterocycles. The number of hydrogen-bond donors (Lipinski definition) is 2. The first-order valence-electron chi connectivity index (χ1n) is 15.4. The number of nitrogens with zero attached hydrogens (tertiary/aromatic N) is 3. The first-order valence-corrected chi connectivity index (χ1v) is 15.4. The van der Waals surface area contributed by atoms with Crippen molar-refractivity contribution >= 4 is 17.7 Å². The molecule has 2 N–H and O–H groups in total. The summed E-state index contributed by atoms with van der Waals surface area (Å²) in [4.78, 5) is 47.7. The van der Waals surface area contributed by atoms with Crippen molar-refractivity contribution in [1.82, 2.24) is 20.1 Å². The fraction of sp³-hybridized carbons (Fsp3) is 0.806. The number of fused-ring (bicyclic) bond motifs is 3. The molecular formula is C31H46N4O7. The molecule has 4 aliphatic heterocycles. The van der Waals surface area contributed by atoms with Gasteiger partial charge in [-0.25, -0.2) is 4.98 Å². The smallest absolute Gasteiger partial charge is 0.291 e. The molecule has 0 radical (unpaired) electrons. The molecule has 1 spiro atoms. The van der Waals surface area contributed by atoms with Gasteiger partial charge in [0, 0.05) is 42.9 Å². The van der Waals surface area contributed by atoms with Crippen molar-refractivity contribution < 1.29 is 33.4 Å². The van der Waals surface area contributed by atoms with E-state index in [1.807, 2.05) is 11.8 Å². The molecule has 2 aliphatic carbocycles. The number of aliphatic hydroxyl groups is 1. The molecule has 2 saturated carbocycles. The highest BCUT2D eigenvalue weighted by atomic mass is 16.5. The van der Waals surface area contributed by atoms with Crippen LogP contribution >= 0.6 is 0 Å². The van der Waals surface area contributed by atoms with Crippen LogP contribution in [0.4, 0.5) is 0 Å². The van der Waals surface area contributed by atoms with Gasteiger partial charge in [0.15, 0.2) is 6.39 Å². The third-order valence-corrected chi connectivity index (χ3v) is 10.8. The van der Waals surface area contributed by atoms with Gasteiger partial charge >= 0.3 is 0 Å². The quantitative estimate of drug-likeness (QED) is 0.450. The van der Waals surface area contributed by atoms with Crippen LogP contribution in [-0.4, -0.2) is 101 Å². The Hall–Kier alpha value is -2.50. The van der Waals surface area contributed by atoms with Crippen molar-refractivity contribution in [1.29, 1.82) is 0 Å². The lowest BCUT2D eigenvalue weighted by atomic mass is 9.70. The van der Waals surface area contributed by atoms with E-state index in [1.54, 1.807) is 18.7 Å². The van der Waals surface area contributed by atoms with Gasteiger partial charge in [-0.3, -0.25) is 14.4 Å². The predicted octanol–water partition coefficient (Wildman–Crippen LogP) is 2.24. The van der Waals surface area contributed by atoms with Gasteiger partial charge in [-0.1, -0.05) is 13.8 Å². The van der Waals surface area contributed by atoms with Crippen LogP contribution in [0.25, 0.3) is 0 Å². The van der Waals surface area contributed by atoms with Crippen LogP contribution in [0, 0.1) is 28.1 Å². The summed E-state index contributed by atoms with van der Waals surface area (Å²) in [5.74, 6) is -0.870. The molecule has 3 amide bonds. The molecule has 232 valence electrons. The highest BCUT2D eigenvalue weighted by molar-refractivity contribution is 5.93. The Morgan fingerprint density at radius 1 is 1.17 bits per heavy atom. The van der Waals surface area contributed by atoms with Gasteiger partial charge in [0.1, 0.15) is 0 Å². The van der Waals surface area contributed by atoms with Crippen LogP contribution in [0.5, 0.6) is 0 Å². The number of aromatic nitrogens is 1. The Labute approximate surface area is 247 Å². The molecular weight excluding hydrogens is 540 g/mol. The maximum absolute atomic E-state index is 14.1. The molecule has 0 unspecified atom stereocenters. The van der Waals surface area contributed by atoms with Crippen molar-refractivity contribution in [3.8, 4) is 0 Å². The fourth-order valence-electron chi connectivity index (χ4n) is 7.78. The number of carbonyl (C=O) groups excluding carboxylic acids is 3. The maximum Gasteiger partial charge on any atom is 0.291 e. The standard InChI is InChI=1S/C31H46N4O7/c1-19(40-16-30-8-6-20(7-9-30)41-17-30)24(29(4,5)39)33-25(36)22-12-34(27(38)23-11-32-18-42-23)13-31(22)14-35(15-31)26(37)21-10-28(21,2)3/h11,18-22,24,39H,6-10,12-17H2,1-5H3,(H,33,36)/t19-,20?,21-,22+,24+,30?/m1/s1. The number of amides is 3. The molecule has 11 nitrogen and oxygen atoms in total. The number of likely N-dealkylation sites (tertiary alicyclic amines) is 2. The Balaban J connectivity index is 1.16. The second-order valence-electron chi connectivity index (χ2n) is 15.1. The lowest BCUT2D eigenvalue weighted by Crippen LogP contribution is -2.66. The minimum Gasteiger partial charge on any atom is -0.438 e. The molecule has 4 atom stereocenters. The molecule has 6 fully saturated rings. The number of rotatable bonds is 9. The average Bonchev–Trinajstić information content (AvgIpc) is 3.32. The molecule has 2 bridgehead atoms. The maximum atomic E-state index is 14.1.